The Hall–Kier alpha value is -1.13. The minimum absolute atomic E-state index is 0.765. The summed E-state index contributed by atoms with van der Waals surface area (Å²) in [5, 5.41) is 1.10. The number of carbonyl (C=O) groups is 1. The van der Waals surface area contributed by atoms with Gasteiger partial charge >= 0.3 is 0 Å². The summed E-state index contributed by atoms with van der Waals surface area (Å²) in [6.45, 7) is 0.832. The average molecular weight is 310 g/mol. The van der Waals surface area contributed by atoms with Crippen molar-refractivity contribution in [3.8, 4) is 0 Å². The summed E-state index contributed by atoms with van der Waals surface area (Å²) in [6.07, 6.45) is 0.890. The molecule has 4 heteroatoms. The first-order chi connectivity index (χ1) is 8.19. The van der Waals surface area contributed by atoms with Gasteiger partial charge in [-0.3, -0.25) is 4.79 Å². The van der Waals surface area contributed by atoms with Crippen LogP contribution in [-0.2, 0) is 6.54 Å². The lowest BCUT2D eigenvalue weighted by atomic mass is 10.2. The number of rotatable bonds is 4. The molecule has 0 atom stereocenters. The maximum atomic E-state index is 10.6. The highest BCUT2D eigenvalue weighted by atomic mass is 79.9. The Balaban J connectivity index is 2.10. The lowest BCUT2D eigenvalue weighted by Gasteiger charge is -2.17. The Kier molecular flexibility index (Phi) is 3.97. The quantitative estimate of drug-likeness (QED) is 0.797. The van der Waals surface area contributed by atoms with Gasteiger partial charge in [-0.2, -0.15) is 0 Å². The van der Waals surface area contributed by atoms with Crippen LogP contribution < -0.4 is 4.90 Å². The molecule has 0 aliphatic heterocycles. The van der Waals surface area contributed by atoms with E-state index in [1.165, 1.54) is 16.9 Å². The molecule has 17 heavy (non-hydrogen) atoms. The van der Waals surface area contributed by atoms with E-state index in [2.05, 4.69) is 33.0 Å². The lowest BCUT2D eigenvalue weighted by Crippen LogP contribution is -2.14. The molecule has 0 saturated heterocycles. The zero-order valence-corrected chi connectivity index (χ0v) is 11.8. The fourth-order valence-electron chi connectivity index (χ4n) is 1.60. The number of benzene rings is 1. The standard InChI is InChI=1S/C13H12BrNOS/c1-15(13-6-5-12(9-16)17-13)8-10-3-2-4-11(14)7-10/h2-7,9H,8H2,1H3. The van der Waals surface area contributed by atoms with Crippen molar-refractivity contribution in [2.75, 3.05) is 11.9 Å². The zero-order valence-electron chi connectivity index (χ0n) is 9.39. The molecule has 0 aliphatic carbocycles. The van der Waals surface area contributed by atoms with Gasteiger partial charge in [0.2, 0.25) is 0 Å². The van der Waals surface area contributed by atoms with E-state index in [-0.39, 0.29) is 0 Å². The predicted molar refractivity (Wildman–Crippen MR) is 76.0 cm³/mol. The van der Waals surface area contributed by atoms with Crippen LogP contribution >= 0.6 is 27.3 Å². The topological polar surface area (TPSA) is 20.3 Å². The lowest BCUT2D eigenvalue weighted by molar-refractivity contribution is 0.112. The molecule has 2 rings (SSSR count). The zero-order chi connectivity index (χ0) is 12.3. The van der Waals surface area contributed by atoms with Gasteiger partial charge in [-0.25, -0.2) is 0 Å². The summed E-state index contributed by atoms with van der Waals surface area (Å²) >= 11 is 4.97. The highest BCUT2D eigenvalue weighted by Gasteiger charge is 2.05. The molecule has 0 amide bonds. The minimum Gasteiger partial charge on any atom is -0.362 e. The number of thiophene rings is 1. The second-order valence-electron chi connectivity index (χ2n) is 3.78. The summed E-state index contributed by atoms with van der Waals surface area (Å²) in [7, 11) is 2.03. The van der Waals surface area contributed by atoms with E-state index in [1.54, 1.807) is 0 Å². The highest BCUT2D eigenvalue weighted by Crippen LogP contribution is 2.25. The van der Waals surface area contributed by atoms with E-state index < -0.39 is 0 Å². The van der Waals surface area contributed by atoms with Crippen LogP contribution in [0.25, 0.3) is 0 Å². The maximum Gasteiger partial charge on any atom is 0.160 e. The van der Waals surface area contributed by atoms with Crippen molar-refractivity contribution in [2.45, 2.75) is 6.54 Å². The van der Waals surface area contributed by atoms with E-state index >= 15 is 0 Å². The number of nitrogens with zero attached hydrogens (tertiary/aromatic N) is 1. The molecule has 0 N–H and O–H groups in total. The van der Waals surface area contributed by atoms with Crippen molar-refractivity contribution in [1.29, 1.82) is 0 Å². The van der Waals surface area contributed by atoms with Gasteiger partial charge in [0, 0.05) is 18.1 Å². The summed E-state index contributed by atoms with van der Waals surface area (Å²) in [4.78, 5) is 13.5. The van der Waals surface area contributed by atoms with Crippen LogP contribution in [0.1, 0.15) is 15.2 Å². The largest absolute Gasteiger partial charge is 0.362 e. The number of halogens is 1. The second-order valence-corrected chi connectivity index (χ2v) is 5.79. The van der Waals surface area contributed by atoms with Crippen molar-refractivity contribution in [2.24, 2.45) is 0 Å². The highest BCUT2D eigenvalue weighted by molar-refractivity contribution is 9.10. The van der Waals surface area contributed by atoms with Crippen molar-refractivity contribution < 1.29 is 4.79 Å². The number of anilines is 1. The molecule has 2 nitrogen and oxygen atoms in total. The van der Waals surface area contributed by atoms with Crippen LogP contribution in [0, 0.1) is 0 Å². The number of hydrogen-bond donors (Lipinski definition) is 0. The van der Waals surface area contributed by atoms with Crippen LogP contribution in [0.4, 0.5) is 5.00 Å². The van der Waals surface area contributed by atoms with Crippen LogP contribution in [0.3, 0.4) is 0 Å². The first-order valence-electron chi connectivity index (χ1n) is 5.19. The second kappa shape index (κ2) is 5.47. The molecule has 0 radical (unpaired) electrons. The van der Waals surface area contributed by atoms with Crippen LogP contribution in [0.5, 0.6) is 0 Å². The monoisotopic (exact) mass is 309 g/mol. The minimum atomic E-state index is 0.765. The molecule has 1 aromatic carbocycles. The fourth-order valence-corrected chi connectivity index (χ4v) is 2.83. The van der Waals surface area contributed by atoms with Crippen LogP contribution in [0.15, 0.2) is 40.9 Å². The fraction of sp³-hybridized carbons (Fsp3) is 0.154. The third-order valence-corrected chi connectivity index (χ3v) is 4.03. The van der Waals surface area contributed by atoms with E-state index in [0.29, 0.717) is 0 Å². The van der Waals surface area contributed by atoms with Gasteiger partial charge in [0.15, 0.2) is 6.29 Å². The molecule has 0 spiro atoms. The third-order valence-electron chi connectivity index (χ3n) is 2.41. The molecule has 2 aromatic rings. The van der Waals surface area contributed by atoms with Gasteiger partial charge in [-0.1, -0.05) is 28.1 Å². The average Bonchev–Trinajstić information content (AvgIpc) is 2.77. The van der Waals surface area contributed by atoms with Crippen LogP contribution in [-0.4, -0.2) is 13.3 Å². The summed E-state index contributed by atoms with van der Waals surface area (Å²) < 4.78 is 1.09. The Morgan fingerprint density at radius 1 is 1.35 bits per heavy atom. The van der Waals surface area contributed by atoms with E-state index in [1.807, 2.05) is 31.3 Å². The Morgan fingerprint density at radius 3 is 2.82 bits per heavy atom. The Morgan fingerprint density at radius 2 is 2.18 bits per heavy atom. The molecule has 0 unspecified atom stereocenters. The molecule has 88 valence electrons. The van der Waals surface area contributed by atoms with Gasteiger partial charge in [-0.05, 0) is 29.8 Å². The smallest absolute Gasteiger partial charge is 0.160 e. The Bertz CT molecular complexity index is 524. The first-order valence-corrected chi connectivity index (χ1v) is 6.80. The summed E-state index contributed by atoms with van der Waals surface area (Å²) in [5.41, 5.74) is 1.24. The van der Waals surface area contributed by atoms with Crippen molar-refractivity contribution in [1.82, 2.24) is 0 Å². The van der Waals surface area contributed by atoms with Crippen molar-refractivity contribution in [3.05, 3.63) is 51.3 Å². The predicted octanol–water partition coefficient (Wildman–Crippen LogP) is 3.96. The van der Waals surface area contributed by atoms with Crippen molar-refractivity contribution >= 4 is 38.6 Å². The van der Waals surface area contributed by atoms with Gasteiger partial charge in [0.25, 0.3) is 0 Å². The van der Waals surface area contributed by atoms with E-state index in [4.69, 9.17) is 0 Å². The number of hydrogen-bond acceptors (Lipinski definition) is 3. The molecule has 0 saturated carbocycles. The van der Waals surface area contributed by atoms with Crippen molar-refractivity contribution in [3.63, 3.8) is 0 Å². The first kappa shape index (κ1) is 12.3. The third kappa shape index (κ3) is 3.17. The SMILES string of the molecule is CN(Cc1cccc(Br)c1)c1ccc(C=O)s1. The molecule has 0 fully saturated rings. The number of aldehydes is 1. The normalized spacial score (nSPS) is 10.2. The maximum absolute atomic E-state index is 10.6. The number of carbonyl (C=O) groups excluding carboxylic acids is 1. The molecule has 0 bridgehead atoms. The van der Waals surface area contributed by atoms with Gasteiger partial charge in [0.05, 0.1) is 9.88 Å². The van der Waals surface area contributed by atoms with Gasteiger partial charge in [0.1, 0.15) is 0 Å². The molecule has 1 aromatic heterocycles. The molecular formula is C13H12BrNOS. The molecule has 0 aliphatic rings. The van der Waals surface area contributed by atoms with Gasteiger partial charge < -0.3 is 4.90 Å². The molecular weight excluding hydrogens is 298 g/mol. The van der Waals surface area contributed by atoms with Gasteiger partial charge in [-0.15, -0.1) is 11.3 Å². The Labute approximate surface area is 113 Å². The summed E-state index contributed by atoms with van der Waals surface area (Å²) in [6, 6.07) is 12.1. The summed E-state index contributed by atoms with van der Waals surface area (Å²) in [5.74, 6) is 0. The van der Waals surface area contributed by atoms with Crippen LogP contribution in [0.2, 0.25) is 0 Å². The van der Waals surface area contributed by atoms with E-state index in [9.17, 15) is 4.79 Å². The van der Waals surface area contributed by atoms with E-state index in [0.717, 1.165) is 27.2 Å². The molecule has 1 heterocycles.